The van der Waals surface area contributed by atoms with Crippen LogP contribution in [0.2, 0.25) is 0 Å². The summed E-state index contributed by atoms with van der Waals surface area (Å²) in [6.45, 7) is 0.150. The quantitative estimate of drug-likeness (QED) is 0.443. The summed E-state index contributed by atoms with van der Waals surface area (Å²) in [7, 11) is 3.10. The Balaban J connectivity index is 1.86. The van der Waals surface area contributed by atoms with Crippen molar-refractivity contribution >= 4 is 23.0 Å². The minimum atomic E-state index is -1.14. The number of likely N-dealkylation sites (N-methyl/N-ethyl adjacent to an activating group) is 1. The van der Waals surface area contributed by atoms with E-state index in [1.165, 1.54) is 13.2 Å². The first-order valence-corrected chi connectivity index (χ1v) is 9.57. The van der Waals surface area contributed by atoms with Gasteiger partial charge < -0.3 is 14.4 Å². The van der Waals surface area contributed by atoms with Crippen molar-refractivity contribution in [2.24, 2.45) is 0 Å². The Morgan fingerprint density at radius 2 is 1.97 bits per heavy atom. The number of carbonyl (C=O) groups is 1. The minimum Gasteiger partial charge on any atom is -0.468 e. The van der Waals surface area contributed by atoms with Crippen molar-refractivity contribution in [1.29, 1.82) is 0 Å². The molecule has 0 radical (unpaired) electrons. The first-order chi connectivity index (χ1) is 14.8. The van der Waals surface area contributed by atoms with E-state index in [-0.39, 0.29) is 18.7 Å². The second kappa shape index (κ2) is 6.14. The van der Waals surface area contributed by atoms with E-state index in [1.54, 1.807) is 0 Å². The van der Waals surface area contributed by atoms with Crippen molar-refractivity contribution in [1.82, 2.24) is 5.32 Å². The number of anilines is 1. The monoisotopic (exact) mass is 426 g/mol. The summed E-state index contributed by atoms with van der Waals surface area (Å²) < 4.78 is 11.3. The highest BCUT2D eigenvalue weighted by atomic mass is 16.6. The number of esters is 1. The van der Waals surface area contributed by atoms with Gasteiger partial charge in [-0.3, -0.25) is 30.3 Å². The van der Waals surface area contributed by atoms with Crippen molar-refractivity contribution < 1.29 is 24.1 Å². The lowest BCUT2D eigenvalue weighted by Crippen LogP contribution is -2.70. The molecular formula is C20H18N4O7. The number of nitro groups is 2. The highest BCUT2D eigenvalue weighted by Gasteiger charge is 2.72. The van der Waals surface area contributed by atoms with E-state index >= 15 is 0 Å². The van der Waals surface area contributed by atoms with E-state index in [0.717, 1.165) is 17.3 Å². The third kappa shape index (κ3) is 2.18. The Bertz CT molecular complexity index is 1170. The normalized spacial score (nSPS) is 27.4. The summed E-state index contributed by atoms with van der Waals surface area (Å²) in [5, 5.41) is 26.5. The predicted octanol–water partition coefficient (Wildman–Crippen LogP) is 1.86. The molecule has 0 unspecified atom stereocenters. The number of carbonyl (C=O) groups excluding carboxylic acids is 1. The Morgan fingerprint density at radius 1 is 1.23 bits per heavy atom. The third-order valence-corrected chi connectivity index (χ3v) is 6.71. The Hall–Kier alpha value is -3.73. The van der Waals surface area contributed by atoms with Crippen LogP contribution in [0.25, 0.3) is 0 Å². The van der Waals surface area contributed by atoms with Gasteiger partial charge in [0.15, 0.2) is 0 Å². The van der Waals surface area contributed by atoms with Gasteiger partial charge in [-0.25, -0.2) is 0 Å². The molecule has 2 aromatic carbocycles. The summed E-state index contributed by atoms with van der Waals surface area (Å²) in [5.74, 6) is -0.493. The topological polar surface area (TPSA) is 137 Å². The number of nitro benzene ring substituents is 2. The van der Waals surface area contributed by atoms with Crippen molar-refractivity contribution in [3.8, 4) is 5.75 Å². The van der Waals surface area contributed by atoms with Crippen LogP contribution in [0.3, 0.4) is 0 Å². The maximum atomic E-state index is 12.4. The average Bonchev–Trinajstić information content (AvgIpc) is 3.19. The maximum Gasteiger partial charge on any atom is 0.322 e. The number of non-ortho nitro benzene ring substituents is 1. The molecule has 2 aromatic rings. The van der Waals surface area contributed by atoms with E-state index in [0.29, 0.717) is 5.56 Å². The molecule has 1 N–H and O–H groups in total. The lowest BCUT2D eigenvalue weighted by Gasteiger charge is -2.48. The molecule has 0 bridgehead atoms. The van der Waals surface area contributed by atoms with Gasteiger partial charge in [0.1, 0.15) is 6.04 Å². The molecule has 3 atom stereocenters. The van der Waals surface area contributed by atoms with Crippen LogP contribution in [-0.4, -0.2) is 48.3 Å². The molecule has 1 saturated heterocycles. The molecule has 0 amide bonds. The van der Waals surface area contributed by atoms with Gasteiger partial charge in [-0.15, -0.1) is 0 Å². The van der Waals surface area contributed by atoms with Crippen LogP contribution < -0.4 is 15.0 Å². The average molecular weight is 426 g/mol. The number of nitrogens with zero attached hydrogens (tertiary/aromatic N) is 3. The van der Waals surface area contributed by atoms with Gasteiger partial charge in [-0.2, -0.15) is 0 Å². The zero-order valence-corrected chi connectivity index (χ0v) is 16.7. The number of fused-ring (bicyclic) bond motifs is 2. The number of para-hydroxylation sites is 1. The standard InChI is InChI=1S/C20H18N4O7/c1-22-15-6-4-3-5-12(15)19-9-14(18(25)30-2)21-10-20(19,22)31-17-13(19)7-11(23(26)27)8-16(17)24(28)29/h3-8,14,21H,9-10H2,1-2H3/t14-,19+,20+/m0/s1. The van der Waals surface area contributed by atoms with E-state index in [2.05, 4.69) is 5.32 Å². The zero-order chi connectivity index (χ0) is 22.1. The molecule has 0 saturated carbocycles. The van der Waals surface area contributed by atoms with Gasteiger partial charge in [0.05, 0.1) is 35.0 Å². The van der Waals surface area contributed by atoms with Crippen LogP contribution in [0.15, 0.2) is 36.4 Å². The van der Waals surface area contributed by atoms with Crippen molar-refractivity contribution in [2.75, 3.05) is 25.6 Å². The van der Waals surface area contributed by atoms with Gasteiger partial charge in [0.25, 0.3) is 5.69 Å². The highest BCUT2D eigenvalue weighted by Crippen LogP contribution is 2.66. The number of methoxy groups -OCH3 is 1. The molecule has 3 aliphatic heterocycles. The van der Waals surface area contributed by atoms with E-state index in [1.807, 2.05) is 36.2 Å². The van der Waals surface area contributed by atoms with Gasteiger partial charge in [-0.1, -0.05) is 18.2 Å². The molecular weight excluding hydrogens is 408 g/mol. The fourth-order valence-electron chi connectivity index (χ4n) is 5.40. The lowest BCUT2D eigenvalue weighted by atomic mass is 9.64. The fraction of sp³-hybridized carbons (Fsp3) is 0.350. The lowest BCUT2D eigenvalue weighted by molar-refractivity contribution is -0.394. The maximum absolute atomic E-state index is 12.4. The SMILES string of the molecule is COC(=O)[C@@H]1C[C@]23c4ccccc4N(C)[C@]2(CN1)Oc1c([N+](=O)[O-])cc([N+](=O)[O-])cc13. The van der Waals surface area contributed by atoms with Crippen LogP contribution in [-0.2, 0) is 14.9 Å². The van der Waals surface area contributed by atoms with E-state index < -0.39 is 44.4 Å². The van der Waals surface area contributed by atoms with E-state index in [9.17, 15) is 25.0 Å². The molecule has 0 aromatic heterocycles. The van der Waals surface area contributed by atoms with Crippen molar-refractivity contribution in [3.63, 3.8) is 0 Å². The summed E-state index contributed by atoms with van der Waals surface area (Å²) in [4.78, 5) is 36.4. The van der Waals surface area contributed by atoms with Crippen LogP contribution in [0.4, 0.5) is 17.1 Å². The van der Waals surface area contributed by atoms with Gasteiger partial charge in [-0.05, 0) is 18.1 Å². The summed E-state index contributed by atoms with van der Waals surface area (Å²) in [6.07, 6.45) is 0.159. The summed E-state index contributed by atoms with van der Waals surface area (Å²) in [5.41, 5.74) is -1.10. The molecule has 11 nitrogen and oxygen atoms in total. The van der Waals surface area contributed by atoms with Crippen LogP contribution >= 0.6 is 0 Å². The van der Waals surface area contributed by atoms with Crippen molar-refractivity contribution in [3.05, 3.63) is 67.8 Å². The Labute approximate surface area is 175 Å². The summed E-state index contributed by atoms with van der Waals surface area (Å²) >= 11 is 0. The zero-order valence-electron chi connectivity index (χ0n) is 16.7. The number of piperidine rings is 1. The summed E-state index contributed by atoms with van der Waals surface area (Å²) in [6, 6.07) is 8.98. The Kier molecular flexibility index (Phi) is 3.81. The third-order valence-electron chi connectivity index (χ3n) is 6.71. The molecule has 0 aliphatic carbocycles. The van der Waals surface area contributed by atoms with Gasteiger partial charge in [0, 0.05) is 24.4 Å². The second-order valence-corrected chi connectivity index (χ2v) is 7.88. The molecule has 160 valence electrons. The molecule has 3 heterocycles. The van der Waals surface area contributed by atoms with Crippen molar-refractivity contribution in [2.45, 2.75) is 23.6 Å². The number of ether oxygens (including phenoxy) is 2. The molecule has 5 rings (SSSR count). The fourth-order valence-corrected chi connectivity index (χ4v) is 5.40. The first-order valence-electron chi connectivity index (χ1n) is 9.57. The second-order valence-electron chi connectivity index (χ2n) is 7.88. The first kappa shape index (κ1) is 19.2. The number of benzene rings is 2. The minimum absolute atomic E-state index is 0.00994. The molecule has 31 heavy (non-hydrogen) atoms. The van der Waals surface area contributed by atoms with Crippen LogP contribution in [0, 0.1) is 20.2 Å². The Morgan fingerprint density at radius 3 is 2.65 bits per heavy atom. The largest absolute Gasteiger partial charge is 0.468 e. The van der Waals surface area contributed by atoms with Crippen LogP contribution in [0.1, 0.15) is 17.5 Å². The van der Waals surface area contributed by atoms with E-state index in [4.69, 9.17) is 9.47 Å². The van der Waals surface area contributed by atoms with Gasteiger partial charge >= 0.3 is 11.7 Å². The molecule has 11 heteroatoms. The number of rotatable bonds is 3. The number of hydrogen-bond donors (Lipinski definition) is 1. The molecule has 0 spiro atoms. The molecule has 1 fully saturated rings. The van der Waals surface area contributed by atoms with Crippen LogP contribution in [0.5, 0.6) is 5.75 Å². The molecule has 3 aliphatic rings. The smallest absolute Gasteiger partial charge is 0.322 e. The van der Waals surface area contributed by atoms with Gasteiger partial charge in [0.2, 0.25) is 11.5 Å². The number of hydrogen-bond acceptors (Lipinski definition) is 9. The predicted molar refractivity (Wildman–Crippen MR) is 107 cm³/mol. The highest BCUT2D eigenvalue weighted by molar-refractivity contribution is 5.81. The number of nitrogens with one attached hydrogen (secondary N) is 1.